The first-order chi connectivity index (χ1) is 9.61. The summed E-state index contributed by atoms with van der Waals surface area (Å²) in [5.74, 6) is 5.86. The summed E-state index contributed by atoms with van der Waals surface area (Å²) in [4.78, 5) is 22.0. The number of nitrogen functional groups attached to an aromatic ring is 1. The van der Waals surface area contributed by atoms with Gasteiger partial charge in [0.05, 0.1) is 4.92 Å². The molecule has 0 fully saturated rings. The third-order valence-corrected chi connectivity index (χ3v) is 2.43. The maximum atomic E-state index is 11.0. The molecule has 0 bridgehead atoms. The zero-order chi connectivity index (χ0) is 14.5. The van der Waals surface area contributed by atoms with Gasteiger partial charge in [0.15, 0.2) is 5.82 Å². The highest BCUT2D eigenvalue weighted by Crippen LogP contribution is 2.27. The van der Waals surface area contributed by atoms with Crippen LogP contribution in [-0.4, -0.2) is 36.2 Å². The second-order valence-electron chi connectivity index (χ2n) is 3.83. The summed E-state index contributed by atoms with van der Waals surface area (Å²) in [6.45, 7) is 0.395. The molecule has 0 radical (unpaired) electrons. The van der Waals surface area contributed by atoms with Crippen molar-refractivity contribution >= 4 is 17.3 Å². The van der Waals surface area contributed by atoms with Gasteiger partial charge in [0, 0.05) is 20.0 Å². The van der Waals surface area contributed by atoms with Gasteiger partial charge in [-0.05, 0) is 0 Å². The molecule has 106 valence electrons. The molecule has 4 N–H and O–H groups in total. The zero-order valence-corrected chi connectivity index (χ0v) is 10.6. The van der Waals surface area contributed by atoms with E-state index in [1.54, 1.807) is 18.1 Å². The van der Waals surface area contributed by atoms with Crippen molar-refractivity contribution in [2.75, 3.05) is 17.3 Å². The first-order valence-corrected chi connectivity index (χ1v) is 5.66. The monoisotopic (exact) mass is 279 g/mol. The lowest BCUT2D eigenvalue weighted by Crippen LogP contribution is -2.15. The molecule has 11 nitrogen and oxygen atoms in total. The molecule has 11 heteroatoms. The van der Waals surface area contributed by atoms with Crippen molar-refractivity contribution in [1.82, 2.24) is 24.7 Å². The van der Waals surface area contributed by atoms with Crippen molar-refractivity contribution in [3.8, 4) is 0 Å². The van der Waals surface area contributed by atoms with Crippen molar-refractivity contribution < 1.29 is 4.92 Å². The second kappa shape index (κ2) is 5.88. The van der Waals surface area contributed by atoms with E-state index in [2.05, 4.69) is 30.8 Å². The minimum Gasteiger partial charge on any atom is -0.364 e. The minimum absolute atomic E-state index is 0.0524. The highest BCUT2D eigenvalue weighted by atomic mass is 16.6. The van der Waals surface area contributed by atoms with Gasteiger partial charge in [-0.1, -0.05) is 0 Å². The molecule has 2 heterocycles. The predicted molar refractivity (Wildman–Crippen MR) is 69.7 cm³/mol. The molecule has 0 spiro atoms. The van der Waals surface area contributed by atoms with Crippen LogP contribution >= 0.6 is 0 Å². The molecule has 0 aliphatic rings. The van der Waals surface area contributed by atoms with Gasteiger partial charge in [-0.3, -0.25) is 14.8 Å². The van der Waals surface area contributed by atoms with Crippen molar-refractivity contribution in [1.29, 1.82) is 0 Å². The van der Waals surface area contributed by atoms with Crippen LogP contribution in [0, 0.1) is 10.1 Å². The molecule has 0 atom stereocenters. The zero-order valence-electron chi connectivity index (χ0n) is 10.6. The van der Waals surface area contributed by atoms with Crippen LogP contribution in [0.1, 0.15) is 5.82 Å². The Labute approximate surface area is 113 Å². The fourth-order valence-electron chi connectivity index (χ4n) is 1.58. The first kappa shape index (κ1) is 13.6. The number of nitrogens with one attached hydrogen (secondary N) is 2. The molecule has 2 rings (SSSR count). The molecule has 0 saturated heterocycles. The summed E-state index contributed by atoms with van der Waals surface area (Å²) in [5, 5.41) is 17.9. The minimum atomic E-state index is -0.601. The molecule has 0 aliphatic carbocycles. The van der Waals surface area contributed by atoms with Gasteiger partial charge in [0.2, 0.25) is 11.6 Å². The number of hydrazine groups is 1. The maximum absolute atomic E-state index is 11.0. The van der Waals surface area contributed by atoms with Crippen LogP contribution in [0.15, 0.2) is 12.7 Å². The van der Waals surface area contributed by atoms with Crippen molar-refractivity contribution in [2.24, 2.45) is 12.9 Å². The first-order valence-electron chi connectivity index (χ1n) is 5.66. The summed E-state index contributed by atoms with van der Waals surface area (Å²) < 4.78 is 1.58. The lowest BCUT2D eigenvalue weighted by Gasteiger charge is -2.06. The average molecular weight is 279 g/mol. The molecule has 0 unspecified atom stereocenters. The van der Waals surface area contributed by atoms with Crippen LogP contribution in [0.2, 0.25) is 0 Å². The normalized spacial score (nSPS) is 10.3. The lowest BCUT2D eigenvalue weighted by molar-refractivity contribution is -0.383. The summed E-state index contributed by atoms with van der Waals surface area (Å²) in [6, 6.07) is 0. The van der Waals surface area contributed by atoms with E-state index in [4.69, 9.17) is 5.84 Å². The number of rotatable bonds is 6. The standard InChI is InChI=1S/C9H13N9O2/c1-17-5-14-6(16-17)2-3-11-8-7(18(19)20)9(15-10)13-4-12-8/h4-5H,2-3,10H2,1H3,(H2,11,12,13,15). The largest absolute Gasteiger partial charge is 0.364 e. The van der Waals surface area contributed by atoms with E-state index in [9.17, 15) is 10.1 Å². The number of hydrogen-bond acceptors (Lipinski definition) is 9. The van der Waals surface area contributed by atoms with Crippen LogP contribution in [0.5, 0.6) is 0 Å². The summed E-state index contributed by atoms with van der Waals surface area (Å²) >= 11 is 0. The second-order valence-corrected chi connectivity index (χ2v) is 3.83. The van der Waals surface area contributed by atoms with Crippen LogP contribution in [0.3, 0.4) is 0 Å². The fourth-order valence-corrected chi connectivity index (χ4v) is 1.58. The Morgan fingerprint density at radius 3 is 2.75 bits per heavy atom. The topological polar surface area (TPSA) is 150 Å². The molecule has 0 amide bonds. The summed E-state index contributed by atoms with van der Waals surface area (Å²) in [6.07, 6.45) is 3.27. The van der Waals surface area contributed by atoms with Gasteiger partial charge >= 0.3 is 5.69 Å². The fraction of sp³-hybridized carbons (Fsp3) is 0.333. The molecule has 2 aromatic rings. The van der Waals surface area contributed by atoms with Gasteiger partial charge in [0.25, 0.3) is 0 Å². The third-order valence-electron chi connectivity index (χ3n) is 2.43. The third kappa shape index (κ3) is 2.95. The Morgan fingerprint density at radius 2 is 2.15 bits per heavy atom. The molecular weight excluding hydrogens is 266 g/mol. The number of nitro groups is 1. The van der Waals surface area contributed by atoms with E-state index in [-0.39, 0.29) is 17.3 Å². The molecule has 20 heavy (non-hydrogen) atoms. The lowest BCUT2D eigenvalue weighted by atomic mass is 10.3. The van der Waals surface area contributed by atoms with Crippen molar-refractivity contribution in [3.63, 3.8) is 0 Å². The number of aromatic nitrogens is 5. The van der Waals surface area contributed by atoms with Gasteiger partial charge in [-0.2, -0.15) is 5.10 Å². The van der Waals surface area contributed by atoms with Gasteiger partial charge < -0.3 is 10.7 Å². The SMILES string of the molecule is Cn1cnc(CCNc2ncnc(NN)c2[N+](=O)[O-])n1. The Balaban J connectivity index is 2.07. The predicted octanol–water partition coefficient (Wildman–Crippen LogP) is -0.546. The van der Waals surface area contributed by atoms with E-state index in [1.807, 2.05) is 0 Å². The summed E-state index contributed by atoms with van der Waals surface area (Å²) in [5.41, 5.74) is 1.87. The number of aryl methyl sites for hydroxylation is 1. The van der Waals surface area contributed by atoms with Crippen LogP contribution in [0.25, 0.3) is 0 Å². The highest BCUT2D eigenvalue weighted by molar-refractivity contribution is 5.68. The van der Waals surface area contributed by atoms with Crippen LogP contribution < -0.4 is 16.6 Å². The Bertz CT molecular complexity index is 611. The van der Waals surface area contributed by atoms with E-state index < -0.39 is 4.92 Å². The van der Waals surface area contributed by atoms with Gasteiger partial charge in [-0.25, -0.2) is 20.8 Å². The average Bonchev–Trinajstić information content (AvgIpc) is 2.83. The van der Waals surface area contributed by atoms with E-state index in [1.165, 1.54) is 6.33 Å². The Morgan fingerprint density at radius 1 is 1.40 bits per heavy atom. The van der Waals surface area contributed by atoms with Crippen LogP contribution in [0.4, 0.5) is 17.3 Å². The van der Waals surface area contributed by atoms with Gasteiger partial charge in [-0.15, -0.1) is 0 Å². The molecular formula is C9H13N9O2. The van der Waals surface area contributed by atoms with Gasteiger partial charge in [0.1, 0.15) is 12.7 Å². The smallest absolute Gasteiger partial charge is 0.354 e. The molecule has 0 aliphatic heterocycles. The maximum Gasteiger partial charge on any atom is 0.354 e. The highest BCUT2D eigenvalue weighted by Gasteiger charge is 2.22. The Kier molecular flexibility index (Phi) is 4.00. The molecule has 2 aromatic heterocycles. The van der Waals surface area contributed by atoms with Crippen LogP contribution in [-0.2, 0) is 13.5 Å². The number of nitrogens with two attached hydrogens (primary N) is 1. The quantitative estimate of drug-likeness (QED) is 0.359. The van der Waals surface area contributed by atoms with E-state index in [0.29, 0.717) is 18.8 Å². The molecule has 0 aromatic carbocycles. The number of anilines is 2. The van der Waals surface area contributed by atoms with Crippen molar-refractivity contribution in [2.45, 2.75) is 6.42 Å². The number of hydrogen-bond donors (Lipinski definition) is 3. The van der Waals surface area contributed by atoms with Crippen molar-refractivity contribution in [3.05, 3.63) is 28.6 Å². The van der Waals surface area contributed by atoms with E-state index in [0.717, 1.165) is 0 Å². The Hall–Kier alpha value is -2.82. The summed E-state index contributed by atoms with van der Waals surface area (Å²) in [7, 11) is 1.76. The number of nitrogens with zero attached hydrogens (tertiary/aromatic N) is 6. The van der Waals surface area contributed by atoms with E-state index >= 15 is 0 Å². The molecule has 0 saturated carbocycles.